The minimum atomic E-state index is -3.59. The summed E-state index contributed by atoms with van der Waals surface area (Å²) in [5.41, 5.74) is 1.63. The van der Waals surface area contributed by atoms with Gasteiger partial charge in [-0.25, -0.2) is 13.4 Å². The molecule has 8 heteroatoms. The molecule has 1 aliphatic rings. The third kappa shape index (κ3) is 4.62. The molecule has 0 N–H and O–H groups in total. The van der Waals surface area contributed by atoms with Gasteiger partial charge in [-0.1, -0.05) is 0 Å². The number of ether oxygens (including phenoxy) is 2. The van der Waals surface area contributed by atoms with Crippen molar-refractivity contribution in [3.05, 3.63) is 41.3 Å². The molecule has 7 nitrogen and oxygen atoms in total. The van der Waals surface area contributed by atoms with E-state index in [-0.39, 0.29) is 11.0 Å². The third-order valence-corrected chi connectivity index (χ3v) is 6.52. The molecule has 1 aliphatic heterocycles. The Labute approximate surface area is 166 Å². The Kier molecular flexibility index (Phi) is 6.20. The minimum absolute atomic E-state index is 0.235. The number of benzene rings is 1. The predicted octanol–water partition coefficient (Wildman–Crippen LogP) is 3.03. The van der Waals surface area contributed by atoms with Gasteiger partial charge in [0.1, 0.15) is 17.7 Å². The smallest absolute Gasteiger partial charge is 0.243 e. The van der Waals surface area contributed by atoms with Crippen molar-refractivity contribution < 1.29 is 17.9 Å². The van der Waals surface area contributed by atoms with Gasteiger partial charge in [0.05, 0.1) is 18.0 Å². The zero-order chi connectivity index (χ0) is 20.3. The molecule has 0 bridgehead atoms. The van der Waals surface area contributed by atoms with E-state index in [4.69, 9.17) is 9.47 Å². The summed E-state index contributed by atoms with van der Waals surface area (Å²) >= 11 is 0. The van der Waals surface area contributed by atoms with Crippen LogP contribution in [0.25, 0.3) is 0 Å². The summed E-state index contributed by atoms with van der Waals surface area (Å²) < 4.78 is 39.2. The Bertz CT molecular complexity index is 926. The fourth-order valence-electron chi connectivity index (χ4n) is 3.38. The first kappa shape index (κ1) is 20.5. The summed E-state index contributed by atoms with van der Waals surface area (Å²) in [5.74, 6) is 1.84. The molecule has 3 rings (SSSR count). The Morgan fingerprint density at radius 3 is 2.64 bits per heavy atom. The zero-order valence-corrected chi connectivity index (χ0v) is 17.6. The summed E-state index contributed by atoms with van der Waals surface area (Å²) in [6.45, 7) is 8.77. The van der Waals surface area contributed by atoms with Gasteiger partial charge in [-0.15, -0.1) is 0 Å². The molecule has 0 amide bonds. The van der Waals surface area contributed by atoms with E-state index in [0.29, 0.717) is 37.2 Å². The topological polar surface area (TPSA) is 81.6 Å². The van der Waals surface area contributed by atoms with Crippen molar-refractivity contribution in [2.75, 3.05) is 19.7 Å². The molecule has 28 heavy (non-hydrogen) atoms. The van der Waals surface area contributed by atoms with Gasteiger partial charge in [-0.05, 0) is 64.3 Å². The van der Waals surface area contributed by atoms with Gasteiger partial charge in [0, 0.05) is 18.3 Å². The van der Waals surface area contributed by atoms with Gasteiger partial charge in [-0.2, -0.15) is 9.29 Å². The fraction of sp³-hybridized carbons (Fsp3) is 0.500. The summed E-state index contributed by atoms with van der Waals surface area (Å²) in [6.07, 6.45) is 1.29. The van der Waals surface area contributed by atoms with Crippen LogP contribution in [0.15, 0.2) is 29.2 Å². The monoisotopic (exact) mass is 405 g/mol. The van der Waals surface area contributed by atoms with Crippen LogP contribution < -0.4 is 9.47 Å². The molecule has 1 unspecified atom stereocenters. The number of nitrogens with zero attached hydrogens (tertiary/aromatic N) is 3. The van der Waals surface area contributed by atoms with Crippen LogP contribution in [0.4, 0.5) is 0 Å². The summed E-state index contributed by atoms with van der Waals surface area (Å²) in [4.78, 5) is 8.82. The Hall–Kier alpha value is -2.19. The van der Waals surface area contributed by atoms with Crippen LogP contribution in [-0.2, 0) is 10.0 Å². The second-order valence-electron chi connectivity index (χ2n) is 7.00. The highest BCUT2D eigenvalue weighted by molar-refractivity contribution is 7.89. The highest BCUT2D eigenvalue weighted by Gasteiger charge is 2.31. The molecule has 0 spiro atoms. The maximum Gasteiger partial charge on any atom is 0.243 e. The van der Waals surface area contributed by atoms with E-state index in [1.165, 1.54) is 4.31 Å². The molecule has 2 heterocycles. The average molecular weight is 406 g/mol. The van der Waals surface area contributed by atoms with Crippen molar-refractivity contribution in [1.29, 1.82) is 0 Å². The lowest BCUT2D eigenvalue weighted by atomic mass is 10.1. The number of hydrogen-bond acceptors (Lipinski definition) is 6. The summed E-state index contributed by atoms with van der Waals surface area (Å²) in [6, 6.07) is 6.77. The summed E-state index contributed by atoms with van der Waals surface area (Å²) in [5, 5.41) is 0. The fourth-order valence-corrected chi connectivity index (χ4v) is 4.98. The third-order valence-electron chi connectivity index (χ3n) is 4.65. The number of aryl methyl sites for hydroxylation is 3. The average Bonchev–Trinajstić information content (AvgIpc) is 2.63. The number of hydrogen-bond donors (Lipinski definition) is 0. The number of rotatable bonds is 6. The van der Waals surface area contributed by atoms with Crippen LogP contribution >= 0.6 is 0 Å². The molecule has 1 atom stereocenters. The van der Waals surface area contributed by atoms with Crippen LogP contribution in [-0.4, -0.2) is 48.5 Å². The lowest BCUT2D eigenvalue weighted by Crippen LogP contribution is -2.44. The lowest BCUT2D eigenvalue weighted by molar-refractivity contribution is 0.124. The molecule has 1 aromatic carbocycles. The number of piperidine rings is 1. The van der Waals surface area contributed by atoms with Gasteiger partial charge in [0.2, 0.25) is 15.9 Å². The minimum Gasteiger partial charge on any atom is -0.494 e. The zero-order valence-electron chi connectivity index (χ0n) is 16.8. The SMILES string of the molecule is CCOc1ccc(S(=O)(=O)N2CCCC(Oc3cc(C)nc(C)n3)C2)cc1C. The van der Waals surface area contributed by atoms with Crippen LogP contribution in [0.5, 0.6) is 11.6 Å². The Morgan fingerprint density at radius 1 is 1.18 bits per heavy atom. The van der Waals surface area contributed by atoms with Gasteiger partial charge >= 0.3 is 0 Å². The first-order valence-electron chi connectivity index (χ1n) is 9.52. The number of aromatic nitrogens is 2. The molecule has 1 saturated heterocycles. The van der Waals surface area contributed by atoms with Crippen LogP contribution in [0, 0.1) is 20.8 Å². The van der Waals surface area contributed by atoms with Crippen LogP contribution in [0.1, 0.15) is 36.8 Å². The highest BCUT2D eigenvalue weighted by atomic mass is 32.2. The molecule has 152 valence electrons. The molecule has 1 aromatic heterocycles. The molecule has 1 fully saturated rings. The van der Waals surface area contributed by atoms with Crippen molar-refractivity contribution in [2.24, 2.45) is 0 Å². The Morgan fingerprint density at radius 2 is 1.96 bits per heavy atom. The molecular formula is C20H27N3O4S. The first-order valence-corrected chi connectivity index (χ1v) is 11.0. The normalized spacial score (nSPS) is 18.1. The lowest BCUT2D eigenvalue weighted by Gasteiger charge is -2.32. The van der Waals surface area contributed by atoms with E-state index in [1.54, 1.807) is 24.3 Å². The van der Waals surface area contributed by atoms with Crippen LogP contribution in [0.3, 0.4) is 0 Å². The van der Waals surface area contributed by atoms with Gasteiger partial charge < -0.3 is 9.47 Å². The molecule has 0 radical (unpaired) electrons. The van der Waals surface area contributed by atoms with Gasteiger partial charge in [0.25, 0.3) is 0 Å². The Balaban J connectivity index is 1.76. The molecule has 2 aromatic rings. The van der Waals surface area contributed by atoms with Crippen molar-refractivity contribution in [2.45, 2.75) is 51.5 Å². The highest BCUT2D eigenvalue weighted by Crippen LogP contribution is 2.27. The van der Waals surface area contributed by atoms with E-state index < -0.39 is 10.0 Å². The van der Waals surface area contributed by atoms with E-state index in [9.17, 15) is 8.42 Å². The maximum atomic E-state index is 13.1. The van der Waals surface area contributed by atoms with E-state index >= 15 is 0 Å². The van der Waals surface area contributed by atoms with Gasteiger partial charge in [0.15, 0.2) is 0 Å². The van der Waals surface area contributed by atoms with E-state index in [2.05, 4.69) is 9.97 Å². The molecule has 0 aliphatic carbocycles. The van der Waals surface area contributed by atoms with Crippen molar-refractivity contribution >= 4 is 10.0 Å². The standard InChI is InChI=1S/C20H27N3O4S/c1-5-26-19-9-8-18(11-14(19)2)28(24,25)23-10-6-7-17(13-23)27-20-12-15(3)21-16(4)22-20/h8-9,11-12,17H,5-7,10,13H2,1-4H3. The van der Waals surface area contributed by atoms with Gasteiger partial charge in [-0.3, -0.25) is 0 Å². The molecule has 0 saturated carbocycles. The first-order chi connectivity index (χ1) is 13.3. The number of sulfonamides is 1. The largest absolute Gasteiger partial charge is 0.494 e. The second kappa shape index (κ2) is 8.45. The predicted molar refractivity (Wildman–Crippen MR) is 106 cm³/mol. The molecular weight excluding hydrogens is 378 g/mol. The van der Waals surface area contributed by atoms with Crippen molar-refractivity contribution in [3.63, 3.8) is 0 Å². The van der Waals surface area contributed by atoms with E-state index in [0.717, 1.165) is 24.1 Å². The second-order valence-corrected chi connectivity index (χ2v) is 8.94. The summed E-state index contributed by atoms with van der Waals surface area (Å²) in [7, 11) is -3.59. The quantitative estimate of drug-likeness (QED) is 0.735. The van der Waals surface area contributed by atoms with Crippen LogP contribution in [0.2, 0.25) is 0 Å². The van der Waals surface area contributed by atoms with Crippen molar-refractivity contribution in [1.82, 2.24) is 14.3 Å². The van der Waals surface area contributed by atoms with E-state index in [1.807, 2.05) is 27.7 Å². The van der Waals surface area contributed by atoms with Crippen molar-refractivity contribution in [3.8, 4) is 11.6 Å². The maximum absolute atomic E-state index is 13.1.